The van der Waals surface area contributed by atoms with Crippen LogP contribution in [0.2, 0.25) is 0 Å². The second-order valence-corrected chi connectivity index (χ2v) is 6.46. The van der Waals surface area contributed by atoms with E-state index in [-0.39, 0.29) is 24.0 Å². The molecule has 1 aliphatic rings. The summed E-state index contributed by atoms with van der Waals surface area (Å²) in [5, 5.41) is 6.88. The molecule has 4 nitrogen and oxygen atoms in total. The Hall–Kier alpha value is -0.820. The number of guanidine groups is 1. The third-order valence-corrected chi connectivity index (χ3v) is 4.49. The smallest absolute Gasteiger partial charge is 0.191 e. The van der Waals surface area contributed by atoms with Gasteiger partial charge in [0, 0.05) is 19.6 Å². The molecule has 0 radical (unpaired) electrons. The van der Waals surface area contributed by atoms with Crippen LogP contribution in [-0.2, 0) is 6.54 Å². The summed E-state index contributed by atoms with van der Waals surface area (Å²) in [6.07, 6.45) is 2.64. The van der Waals surface area contributed by atoms with E-state index in [9.17, 15) is 0 Å². The molecular formula is C19H33IN4. The molecule has 1 aromatic carbocycles. The van der Waals surface area contributed by atoms with Crippen molar-refractivity contribution in [1.82, 2.24) is 15.5 Å². The number of hydrogen-bond acceptors (Lipinski definition) is 2. The molecule has 136 valence electrons. The zero-order valence-electron chi connectivity index (χ0n) is 15.3. The molecule has 0 spiro atoms. The second kappa shape index (κ2) is 11.7. The van der Waals surface area contributed by atoms with Gasteiger partial charge in [-0.1, -0.05) is 36.8 Å². The van der Waals surface area contributed by atoms with Crippen LogP contribution in [0.4, 0.5) is 0 Å². The first-order valence-corrected chi connectivity index (χ1v) is 9.01. The Bertz CT molecular complexity index is 487. The van der Waals surface area contributed by atoms with Crippen LogP contribution < -0.4 is 10.6 Å². The van der Waals surface area contributed by atoms with Gasteiger partial charge < -0.3 is 15.5 Å². The normalized spacial score (nSPS) is 18.8. The van der Waals surface area contributed by atoms with Crippen molar-refractivity contribution >= 4 is 29.9 Å². The molecule has 1 aromatic rings. The fourth-order valence-corrected chi connectivity index (χ4v) is 3.05. The number of aryl methyl sites for hydroxylation is 1. The minimum Gasteiger partial charge on any atom is -0.357 e. The quantitative estimate of drug-likeness (QED) is 0.402. The van der Waals surface area contributed by atoms with Crippen molar-refractivity contribution in [1.29, 1.82) is 0 Å². The van der Waals surface area contributed by atoms with Gasteiger partial charge in [0.2, 0.25) is 0 Å². The van der Waals surface area contributed by atoms with Crippen molar-refractivity contribution in [2.45, 2.75) is 40.2 Å². The minimum atomic E-state index is 0. The fourth-order valence-electron chi connectivity index (χ4n) is 3.05. The molecule has 1 fully saturated rings. The highest BCUT2D eigenvalue weighted by molar-refractivity contribution is 14.0. The number of nitrogens with one attached hydrogen (secondary N) is 2. The highest BCUT2D eigenvalue weighted by Gasteiger charge is 2.18. The number of hydrogen-bond donors (Lipinski definition) is 2. The molecule has 0 bridgehead atoms. The van der Waals surface area contributed by atoms with E-state index >= 15 is 0 Å². The predicted octanol–water partition coefficient (Wildman–Crippen LogP) is 3.40. The van der Waals surface area contributed by atoms with Gasteiger partial charge in [-0.05, 0) is 51.3 Å². The molecule has 1 heterocycles. The van der Waals surface area contributed by atoms with Gasteiger partial charge in [0.15, 0.2) is 5.96 Å². The van der Waals surface area contributed by atoms with Gasteiger partial charge in [-0.15, -0.1) is 24.0 Å². The standard InChI is InChI=1S/C19H32N4.HI/c1-4-20-19(21-13-17-10-8-16(3)9-11-17)22-14-18-7-6-12-23(5-2)15-18;/h8-11,18H,4-7,12-15H2,1-3H3,(H2,20,21,22);1H. The Morgan fingerprint density at radius 2 is 1.96 bits per heavy atom. The summed E-state index contributed by atoms with van der Waals surface area (Å²) in [6, 6.07) is 8.60. The van der Waals surface area contributed by atoms with Gasteiger partial charge in [-0.3, -0.25) is 0 Å². The topological polar surface area (TPSA) is 39.7 Å². The SMILES string of the molecule is CCNC(=NCc1ccc(C)cc1)NCC1CCCN(CC)C1.I. The highest BCUT2D eigenvalue weighted by Crippen LogP contribution is 2.15. The highest BCUT2D eigenvalue weighted by atomic mass is 127. The molecule has 0 aromatic heterocycles. The van der Waals surface area contributed by atoms with Crippen molar-refractivity contribution in [3.63, 3.8) is 0 Å². The Morgan fingerprint density at radius 1 is 1.21 bits per heavy atom. The summed E-state index contributed by atoms with van der Waals surface area (Å²) in [4.78, 5) is 7.27. The lowest BCUT2D eigenvalue weighted by atomic mass is 9.98. The van der Waals surface area contributed by atoms with Crippen molar-refractivity contribution in [2.24, 2.45) is 10.9 Å². The van der Waals surface area contributed by atoms with Crippen molar-refractivity contribution in [2.75, 3.05) is 32.7 Å². The van der Waals surface area contributed by atoms with E-state index in [0.29, 0.717) is 0 Å². The maximum Gasteiger partial charge on any atom is 0.191 e. The van der Waals surface area contributed by atoms with Crippen LogP contribution in [0.15, 0.2) is 29.3 Å². The van der Waals surface area contributed by atoms with Crippen LogP contribution in [0.1, 0.15) is 37.8 Å². The summed E-state index contributed by atoms with van der Waals surface area (Å²) in [7, 11) is 0. The number of nitrogens with zero attached hydrogens (tertiary/aromatic N) is 2. The summed E-state index contributed by atoms with van der Waals surface area (Å²) < 4.78 is 0. The number of likely N-dealkylation sites (tertiary alicyclic amines) is 1. The summed E-state index contributed by atoms with van der Waals surface area (Å²) in [5.74, 6) is 1.66. The van der Waals surface area contributed by atoms with Crippen LogP contribution in [0.25, 0.3) is 0 Å². The monoisotopic (exact) mass is 444 g/mol. The van der Waals surface area contributed by atoms with E-state index in [0.717, 1.165) is 38.1 Å². The largest absolute Gasteiger partial charge is 0.357 e. The van der Waals surface area contributed by atoms with Crippen molar-refractivity contribution in [3.8, 4) is 0 Å². The van der Waals surface area contributed by atoms with Gasteiger partial charge in [-0.2, -0.15) is 0 Å². The zero-order chi connectivity index (χ0) is 16.5. The lowest BCUT2D eigenvalue weighted by Gasteiger charge is -2.32. The molecule has 1 aliphatic heterocycles. The third-order valence-electron chi connectivity index (χ3n) is 4.49. The van der Waals surface area contributed by atoms with Gasteiger partial charge in [0.1, 0.15) is 0 Å². The summed E-state index contributed by atoms with van der Waals surface area (Å²) in [5.41, 5.74) is 2.54. The Labute approximate surface area is 164 Å². The first kappa shape index (κ1) is 21.2. The van der Waals surface area contributed by atoms with Crippen LogP contribution in [0.3, 0.4) is 0 Å². The molecular weight excluding hydrogens is 411 g/mol. The van der Waals surface area contributed by atoms with Crippen LogP contribution in [0, 0.1) is 12.8 Å². The number of aliphatic imine (C=N–C) groups is 1. The average Bonchev–Trinajstić information content (AvgIpc) is 2.59. The Kier molecular flexibility index (Phi) is 10.3. The predicted molar refractivity (Wildman–Crippen MR) is 114 cm³/mol. The van der Waals surface area contributed by atoms with Gasteiger partial charge >= 0.3 is 0 Å². The maximum absolute atomic E-state index is 4.72. The number of benzene rings is 1. The second-order valence-electron chi connectivity index (χ2n) is 6.46. The summed E-state index contributed by atoms with van der Waals surface area (Å²) in [6.45, 7) is 12.7. The minimum absolute atomic E-state index is 0. The van der Waals surface area contributed by atoms with Crippen molar-refractivity contribution in [3.05, 3.63) is 35.4 Å². The molecule has 0 amide bonds. The lowest BCUT2D eigenvalue weighted by molar-refractivity contribution is 0.183. The Morgan fingerprint density at radius 3 is 2.62 bits per heavy atom. The van der Waals surface area contributed by atoms with E-state index in [2.05, 4.69) is 60.6 Å². The zero-order valence-corrected chi connectivity index (χ0v) is 17.7. The third kappa shape index (κ3) is 7.38. The lowest BCUT2D eigenvalue weighted by Crippen LogP contribution is -2.44. The first-order chi connectivity index (χ1) is 11.2. The molecule has 0 aliphatic carbocycles. The number of halogens is 1. The summed E-state index contributed by atoms with van der Waals surface area (Å²) >= 11 is 0. The van der Waals surface area contributed by atoms with Crippen molar-refractivity contribution < 1.29 is 0 Å². The molecule has 2 N–H and O–H groups in total. The van der Waals surface area contributed by atoms with E-state index in [4.69, 9.17) is 4.99 Å². The van der Waals surface area contributed by atoms with E-state index < -0.39 is 0 Å². The first-order valence-electron chi connectivity index (χ1n) is 9.01. The van der Waals surface area contributed by atoms with E-state index in [1.807, 2.05) is 0 Å². The molecule has 2 rings (SSSR count). The number of piperidine rings is 1. The molecule has 1 unspecified atom stereocenters. The molecule has 1 saturated heterocycles. The maximum atomic E-state index is 4.72. The van der Waals surface area contributed by atoms with E-state index in [1.165, 1.54) is 37.1 Å². The number of rotatable bonds is 6. The van der Waals surface area contributed by atoms with Gasteiger partial charge in [0.05, 0.1) is 6.54 Å². The molecule has 0 saturated carbocycles. The van der Waals surface area contributed by atoms with Gasteiger partial charge in [-0.25, -0.2) is 4.99 Å². The van der Waals surface area contributed by atoms with Crippen LogP contribution in [0.5, 0.6) is 0 Å². The van der Waals surface area contributed by atoms with Crippen LogP contribution in [-0.4, -0.2) is 43.6 Å². The molecule has 24 heavy (non-hydrogen) atoms. The molecule has 1 atom stereocenters. The fraction of sp³-hybridized carbons (Fsp3) is 0.632. The average molecular weight is 444 g/mol. The van der Waals surface area contributed by atoms with Gasteiger partial charge in [0.25, 0.3) is 0 Å². The Balaban J connectivity index is 0.00000288. The van der Waals surface area contributed by atoms with Crippen LogP contribution >= 0.6 is 24.0 Å². The molecule has 5 heteroatoms. The van der Waals surface area contributed by atoms with E-state index in [1.54, 1.807) is 0 Å².